The minimum absolute atomic E-state index is 0.0544. The van der Waals surface area contributed by atoms with Crippen LogP contribution in [0.25, 0.3) is 0 Å². The first kappa shape index (κ1) is 62.5. The van der Waals surface area contributed by atoms with Crippen molar-refractivity contribution in [2.45, 2.75) is 66.8 Å². The number of rotatable bonds is 20. The molecule has 2 aliphatic heterocycles. The lowest BCUT2D eigenvalue weighted by Gasteiger charge is -2.27. The zero-order valence-corrected chi connectivity index (χ0v) is 49.5. The number of carbonyl (C=O) groups is 3. The summed E-state index contributed by atoms with van der Waals surface area (Å²) in [5.41, 5.74) is 16.0. The fraction of sp³-hybridized carbons (Fsp3) is 0.313. The number of nitrogens with two attached hydrogens (primary N) is 1. The van der Waals surface area contributed by atoms with E-state index >= 15 is 0 Å². The van der Waals surface area contributed by atoms with Crippen LogP contribution in [-0.4, -0.2) is 112 Å². The molecule has 2 heterocycles. The molecule has 0 bridgehead atoms. The Balaban J connectivity index is 0.000000204. The SMILES string of the molecule is COc1cc(C)ccc1CN(CCN1CCCC1)C(=O)c1ccc(Oc2ccc(C)c(C)c2)c(N)c1.COc1cccc(N=C=O)c1.COc1cccc(NC(=O)Nc2cc(C(=O)NCCN3CCCC3)ccc2Oc2ccc(C)c(C)c2)c1. The zero-order valence-electron chi connectivity index (χ0n) is 49.5. The second kappa shape index (κ2) is 31.3. The maximum Gasteiger partial charge on any atom is 0.323 e. The van der Waals surface area contributed by atoms with Crippen LogP contribution in [0.4, 0.5) is 27.5 Å². The van der Waals surface area contributed by atoms with Crippen molar-refractivity contribution in [3.8, 4) is 40.2 Å². The first-order valence-electron chi connectivity index (χ1n) is 28.2. The summed E-state index contributed by atoms with van der Waals surface area (Å²) in [6.07, 6.45) is 6.32. The minimum Gasteiger partial charge on any atom is -0.497 e. The van der Waals surface area contributed by atoms with Crippen LogP contribution in [0, 0.1) is 34.6 Å². The number of aliphatic imine (C=N–C) groups is 1. The van der Waals surface area contributed by atoms with Gasteiger partial charge in [-0.25, -0.2) is 9.59 Å². The lowest BCUT2D eigenvalue weighted by Crippen LogP contribution is -2.37. The highest BCUT2D eigenvalue weighted by Crippen LogP contribution is 2.34. The summed E-state index contributed by atoms with van der Waals surface area (Å²) in [6.45, 7) is 17.9. The smallest absolute Gasteiger partial charge is 0.323 e. The molecule has 0 aliphatic carbocycles. The maximum atomic E-state index is 13.7. The topological polar surface area (TPSA) is 199 Å². The van der Waals surface area contributed by atoms with Crippen molar-refractivity contribution in [2.75, 3.05) is 90.1 Å². The summed E-state index contributed by atoms with van der Waals surface area (Å²) in [5, 5.41) is 8.61. The van der Waals surface area contributed by atoms with E-state index < -0.39 is 6.03 Å². The summed E-state index contributed by atoms with van der Waals surface area (Å²) in [6, 6.07) is 41.7. The Bertz CT molecular complexity index is 3410. The number of anilines is 3. The van der Waals surface area contributed by atoms with E-state index in [-0.39, 0.29) is 11.8 Å². The van der Waals surface area contributed by atoms with E-state index in [1.54, 1.807) is 106 Å². The number of hydrogen-bond acceptors (Lipinski definition) is 13. The van der Waals surface area contributed by atoms with Crippen LogP contribution in [-0.2, 0) is 11.3 Å². The van der Waals surface area contributed by atoms with E-state index in [0.717, 1.165) is 78.6 Å². The predicted octanol–water partition coefficient (Wildman–Crippen LogP) is 13.0. The third-order valence-corrected chi connectivity index (χ3v) is 14.6. The number of urea groups is 1. The maximum absolute atomic E-state index is 13.7. The number of amides is 4. The van der Waals surface area contributed by atoms with Crippen molar-refractivity contribution in [1.82, 2.24) is 20.0 Å². The Labute approximate surface area is 493 Å². The standard InChI is InChI=1S/C30H37N3O3.C29H34N4O4.C8H7NO2/c1-21-7-9-25(29(17-21)35-4)20-33(16-15-32-13-5-6-14-32)30(34)24-10-12-28(27(31)19-24)36-26-11-8-22(2)23(3)18-26;1-20-9-11-25(17-21(20)2)37-27-12-10-22(28(34)30-13-16-33-14-4-5-15-33)18-26(27)32-29(35)31-23-7-6-8-24(19-23)36-3;1-11-8-4-2-3-7(5-8)9-6-10/h7-12,17-19H,5-6,13-16,20,31H2,1-4H3;6-12,17-19H,4-5,13-16H2,1-3H3,(H,30,34)(H2,31,32,35);2-5H,1H3. The predicted molar refractivity (Wildman–Crippen MR) is 332 cm³/mol. The normalized spacial score (nSPS) is 12.7. The number of isocyanates is 1. The molecule has 0 atom stereocenters. The van der Waals surface area contributed by atoms with E-state index in [9.17, 15) is 19.2 Å². The van der Waals surface area contributed by atoms with Gasteiger partial charge in [-0.05, 0) is 205 Å². The van der Waals surface area contributed by atoms with Crippen LogP contribution in [0.15, 0.2) is 145 Å². The largest absolute Gasteiger partial charge is 0.497 e. The number of methoxy groups -OCH3 is 3. The van der Waals surface area contributed by atoms with Crippen LogP contribution < -0.4 is 45.4 Å². The Morgan fingerprint density at radius 2 is 1.19 bits per heavy atom. The molecule has 2 aliphatic rings. The van der Waals surface area contributed by atoms with Crippen molar-refractivity contribution in [3.63, 3.8) is 0 Å². The highest BCUT2D eigenvalue weighted by molar-refractivity contribution is 6.02. The van der Waals surface area contributed by atoms with Crippen molar-refractivity contribution < 1.29 is 42.9 Å². The van der Waals surface area contributed by atoms with Gasteiger partial charge in [0, 0.05) is 67.2 Å². The first-order chi connectivity index (χ1) is 40.6. The number of carbonyl (C=O) groups excluding carboxylic acids is 4. The van der Waals surface area contributed by atoms with E-state index in [2.05, 4.69) is 43.7 Å². The van der Waals surface area contributed by atoms with Crippen LogP contribution in [0.3, 0.4) is 0 Å². The Kier molecular flexibility index (Phi) is 23.3. The second-order valence-electron chi connectivity index (χ2n) is 20.8. The van der Waals surface area contributed by atoms with Gasteiger partial charge in [0.05, 0.1) is 38.4 Å². The summed E-state index contributed by atoms with van der Waals surface area (Å²) in [7, 11) is 4.80. The molecule has 17 nitrogen and oxygen atoms in total. The van der Waals surface area contributed by atoms with Gasteiger partial charge in [-0.3, -0.25) is 9.59 Å². The molecule has 7 aromatic carbocycles. The van der Waals surface area contributed by atoms with E-state index in [4.69, 9.17) is 29.4 Å². The number of nitrogens with one attached hydrogen (secondary N) is 3. The van der Waals surface area contributed by atoms with Gasteiger partial charge in [-0.15, -0.1) is 0 Å². The Morgan fingerprint density at radius 3 is 1.81 bits per heavy atom. The molecule has 0 spiro atoms. The van der Waals surface area contributed by atoms with Crippen molar-refractivity contribution in [2.24, 2.45) is 4.99 Å². The summed E-state index contributed by atoms with van der Waals surface area (Å²) in [4.78, 5) is 59.3. The number of aryl methyl sites for hydroxylation is 5. The number of nitrogen functional groups attached to an aromatic ring is 1. The molecule has 440 valence electrons. The van der Waals surface area contributed by atoms with Crippen molar-refractivity contribution in [1.29, 1.82) is 0 Å². The van der Waals surface area contributed by atoms with Gasteiger partial charge < -0.3 is 60.1 Å². The molecule has 7 aromatic rings. The number of nitrogens with zero attached hydrogens (tertiary/aromatic N) is 4. The van der Waals surface area contributed by atoms with Crippen LogP contribution in [0.2, 0.25) is 0 Å². The molecule has 5 N–H and O–H groups in total. The van der Waals surface area contributed by atoms with Gasteiger partial charge in [0.15, 0.2) is 5.75 Å². The number of benzene rings is 7. The summed E-state index contributed by atoms with van der Waals surface area (Å²) >= 11 is 0. The molecule has 2 fully saturated rings. The third kappa shape index (κ3) is 18.7. The number of ether oxygens (including phenoxy) is 5. The fourth-order valence-electron chi connectivity index (χ4n) is 9.49. The van der Waals surface area contributed by atoms with Gasteiger partial charge in [0.1, 0.15) is 34.5 Å². The molecule has 0 aromatic heterocycles. The van der Waals surface area contributed by atoms with Gasteiger partial charge in [0.25, 0.3) is 11.8 Å². The van der Waals surface area contributed by atoms with E-state index in [1.165, 1.54) is 37.3 Å². The molecule has 4 amide bonds. The van der Waals surface area contributed by atoms with Crippen molar-refractivity contribution >= 4 is 46.7 Å². The Morgan fingerprint density at radius 1 is 0.583 bits per heavy atom. The van der Waals surface area contributed by atoms with Gasteiger partial charge in [0.2, 0.25) is 6.08 Å². The van der Waals surface area contributed by atoms with Crippen LogP contribution in [0.5, 0.6) is 40.2 Å². The lowest BCUT2D eigenvalue weighted by molar-refractivity contribution is 0.0725. The molecule has 0 unspecified atom stereocenters. The minimum atomic E-state index is -0.468. The van der Waals surface area contributed by atoms with E-state index in [1.807, 2.05) is 81.1 Å². The molecule has 84 heavy (non-hydrogen) atoms. The summed E-state index contributed by atoms with van der Waals surface area (Å²) in [5.74, 6) is 4.19. The lowest BCUT2D eigenvalue weighted by atomic mass is 10.1. The quantitative estimate of drug-likeness (QED) is 0.0320. The molecular weight excluding hydrogens is 1060 g/mol. The molecule has 0 saturated carbocycles. The number of likely N-dealkylation sites (tertiary alicyclic amines) is 2. The molecule has 9 rings (SSSR count). The van der Waals surface area contributed by atoms with Gasteiger partial charge >= 0.3 is 6.03 Å². The molecule has 2 saturated heterocycles. The van der Waals surface area contributed by atoms with Crippen LogP contribution in [0.1, 0.15) is 79.8 Å². The molecule has 0 radical (unpaired) electrons. The molecule has 17 heteroatoms. The van der Waals surface area contributed by atoms with Gasteiger partial charge in [-0.2, -0.15) is 4.99 Å². The zero-order chi connectivity index (χ0) is 60.0. The highest BCUT2D eigenvalue weighted by atomic mass is 16.5. The molecular formula is C67H78N8O9. The average Bonchev–Trinajstić information content (AvgIpc) is 4.28. The van der Waals surface area contributed by atoms with Crippen LogP contribution >= 0.6 is 0 Å². The van der Waals surface area contributed by atoms with E-state index in [0.29, 0.717) is 82.3 Å². The summed E-state index contributed by atoms with van der Waals surface area (Å²) < 4.78 is 27.9. The second-order valence-corrected chi connectivity index (χ2v) is 20.8. The number of hydrogen-bond donors (Lipinski definition) is 4. The van der Waals surface area contributed by atoms with Gasteiger partial charge in [-0.1, -0.05) is 36.4 Å². The Hall–Kier alpha value is -9.15. The first-order valence-corrected chi connectivity index (χ1v) is 28.2. The highest BCUT2D eigenvalue weighted by Gasteiger charge is 2.22. The third-order valence-electron chi connectivity index (χ3n) is 14.6. The average molecular weight is 1140 g/mol. The van der Waals surface area contributed by atoms with Crippen molar-refractivity contribution in [3.05, 3.63) is 184 Å². The fourth-order valence-corrected chi connectivity index (χ4v) is 9.49. The monoisotopic (exact) mass is 1140 g/mol.